The van der Waals surface area contributed by atoms with Gasteiger partial charge in [-0.2, -0.15) is 0 Å². The van der Waals surface area contributed by atoms with Crippen LogP contribution in [0, 0.1) is 13.8 Å². The summed E-state index contributed by atoms with van der Waals surface area (Å²) in [6.45, 7) is 3.86. The number of hydrogen-bond donors (Lipinski definition) is 0. The fourth-order valence-corrected chi connectivity index (χ4v) is 3.74. The Morgan fingerprint density at radius 2 is 1.44 bits per heavy atom. The minimum absolute atomic E-state index is 0.633. The Kier molecular flexibility index (Phi) is 4.98. The molecule has 0 fully saturated rings. The quantitative estimate of drug-likeness (QED) is 0.453. The summed E-state index contributed by atoms with van der Waals surface area (Å²) in [5, 5.41) is 13.5. The molecule has 6 heteroatoms. The molecule has 0 atom stereocenters. The van der Waals surface area contributed by atoms with Gasteiger partial charge < -0.3 is 4.52 Å². The van der Waals surface area contributed by atoms with E-state index in [-0.39, 0.29) is 0 Å². The van der Waals surface area contributed by atoms with E-state index in [4.69, 9.17) is 9.51 Å². The van der Waals surface area contributed by atoms with Gasteiger partial charge in [0.1, 0.15) is 17.1 Å². The van der Waals surface area contributed by atoms with Gasteiger partial charge in [-0.15, -0.1) is 10.2 Å². The lowest BCUT2D eigenvalue weighted by atomic mass is 10.0. The minimum Gasteiger partial charge on any atom is -0.361 e. The third-order valence-corrected chi connectivity index (χ3v) is 5.15. The lowest BCUT2D eigenvalue weighted by Gasteiger charge is -2.09. The first-order valence-electron chi connectivity index (χ1n) is 8.62. The maximum absolute atomic E-state index is 5.23. The van der Waals surface area contributed by atoms with Gasteiger partial charge in [0.25, 0.3) is 0 Å². The third-order valence-electron chi connectivity index (χ3n) is 4.29. The van der Waals surface area contributed by atoms with Gasteiger partial charge in [-0.1, -0.05) is 77.6 Å². The van der Waals surface area contributed by atoms with Gasteiger partial charge in [0.2, 0.25) is 5.16 Å². The SMILES string of the molecule is Cc1noc(C)c1CSc1nnc(-c2ccccc2)c(-c2ccccc2)n1. The van der Waals surface area contributed by atoms with E-state index < -0.39 is 0 Å². The first-order valence-corrected chi connectivity index (χ1v) is 9.61. The number of aryl methyl sites for hydroxylation is 2. The average molecular weight is 374 g/mol. The second-order valence-electron chi connectivity index (χ2n) is 6.12. The van der Waals surface area contributed by atoms with Crippen molar-refractivity contribution in [1.29, 1.82) is 0 Å². The summed E-state index contributed by atoms with van der Waals surface area (Å²) in [4.78, 5) is 4.82. The standard InChI is InChI=1S/C21H18N4OS/c1-14-18(15(2)26-25-14)13-27-21-22-19(16-9-5-3-6-10-16)20(23-24-21)17-11-7-4-8-12-17/h3-12H,13H2,1-2H3. The van der Waals surface area contributed by atoms with E-state index in [2.05, 4.69) is 15.4 Å². The molecular weight excluding hydrogens is 356 g/mol. The van der Waals surface area contributed by atoms with Crippen LogP contribution in [0.25, 0.3) is 22.5 Å². The summed E-state index contributed by atoms with van der Waals surface area (Å²) in [5.41, 5.74) is 5.61. The van der Waals surface area contributed by atoms with E-state index in [0.29, 0.717) is 10.9 Å². The summed E-state index contributed by atoms with van der Waals surface area (Å²) < 4.78 is 5.23. The average Bonchev–Trinajstić information content (AvgIpc) is 3.05. The van der Waals surface area contributed by atoms with Crippen molar-refractivity contribution >= 4 is 11.8 Å². The van der Waals surface area contributed by atoms with Crippen molar-refractivity contribution in [3.05, 3.63) is 77.7 Å². The van der Waals surface area contributed by atoms with Crippen LogP contribution in [0.2, 0.25) is 0 Å². The molecular formula is C21H18N4OS. The number of rotatable bonds is 5. The predicted octanol–water partition coefficient (Wildman–Crippen LogP) is 5.10. The Balaban J connectivity index is 1.71. The molecule has 0 saturated heterocycles. The van der Waals surface area contributed by atoms with Crippen LogP contribution in [-0.4, -0.2) is 20.3 Å². The molecule has 0 aliphatic rings. The highest BCUT2D eigenvalue weighted by molar-refractivity contribution is 7.98. The minimum atomic E-state index is 0.633. The zero-order valence-corrected chi connectivity index (χ0v) is 15.9. The van der Waals surface area contributed by atoms with Gasteiger partial charge in [-0.25, -0.2) is 4.98 Å². The molecule has 0 spiro atoms. The second-order valence-corrected chi connectivity index (χ2v) is 7.06. The summed E-state index contributed by atoms with van der Waals surface area (Å²) in [5.74, 6) is 1.53. The van der Waals surface area contributed by atoms with Crippen molar-refractivity contribution in [3.8, 4) is 22.5 Å². The Bertz CT molecular complexity index is 1030. The van der Waals surface area contributed by atoms with Crippen molar-refractivity contribution in [2.24, 2.45) is 0 Å². The maximum Gasteiger partial charge on any atom is 0.210 e. The van der Waals surface area contributed by atoms with Crippen LogP contribution in [0.3, 0.4) is 0 Å². The molecule has 2 aromatic carbocycles. The number of hydrogen-bond acceptors (Lipinski definition) is 6. The predicted molar refractivity (Wildman–Crippen MR) is 106 cm³/mol. The Morgan fingerprint density at radius 1 is 0.815 bits per heavy atom. The number of thioether (sulfide) groups is 1. The van der Waals surface area contributed by atoms with E-state index in [0.717, 1.165) is 39.5 Å². The molecule has 0 N–H and O–H groups in total. The monoisotopic (exact) mass is 374 g/mol. The summed E-state index contributed by atoms with van der Waals surface area (Å²) in [6, 6.07) is 20.1. The van der Waals surface area contributed by atoms with Crippen LogP contribution in [0.1, 0.15) is 17.0 Å². The molecule has 0 saturated carbocycles. The van der Waals surface area contributed by atoms with Gasteiger partial charge in [0.15, 0.2) is 0 Å². The molecule has 5 nitrogen and oxygen atoms in total. The van der Waals surface area contributed by atoms with Crippen molar-refractivity contribution in [1.82, 2.24) is 20.3 Å². The fraction of sp³-hybridized carbons (Fsp3) is 0.143. The Hall–Kier alpha value is -2.99. The summed E-state index contributed by atoms with van der Waals surface area (Å²) in [6.07, 6.45) is 0. The van der Waals surface area contributed by atoms with Crippen molar-refractivity contribution in [2.45, 2.75) is 24.8 Å². The van der Waals surface area contributed by atoms with Gasteiger partial charge >= 0.3 is 0 Å². The highest BCUT2D eigenvalue weighted by Gasteiger charge is 2.15. The fourth-order valence-electron chi connectivity index (χ4n) is 2.80. The number of benzene rings is 2. The maximum atomic E-state index is 5.23. The highest BCUT2D eigenvalue weighted by Crippen LogP contribution is 2.31. The third kappa shape index (κ3) is 3.75. The van der Waals surface area contributed by atoms with E-state index in [1.54, 1.807) is 0 Å². The Morgan fingerprint density at radius 3 is 2.04 bits per heavy atom. The van der Waals surface area contributed by atoms with Gasteiger partial charge in [0, 0.05) is 22.4 Å². The van der Waals surface area contributed by atoms with Crippen molar-refractivity contribution < 1.29 is 4.52 Å². The highest BCUT2D eigenvalue weighted by atomic mass is 32.2. The largest absolute Gasteiger partial charge is 0.361 e. The van der Waals surface area contributed by atoms with Gasteiger partial charge in [-0.3, -0.25) is 0 Å². The summed E-state index contributed by atoms with van der Waals surface area (Å²) in [7, 11) is 0. The molecule has 0 aliphatic heterocycles. The van der Waals surface area contributed by atoms with E-state index in [9.17, 15) is 0 Å². The first-order chi connectivity index (χ1) is 13.2. The molecule has 0 radical (unpaired) electrons. The molecule has 0 bridgehead atoms. The number of nitrogens with zero attached hydrogens (tertiary/aromatic N) is 4. The molecule has 4 aromatic rings. The van der Waals surface area contributed by atoms with Crippen molar-refractivity contribution in [3.63, 3.8) is 0 Å². The van der Waals surface area contributed by atoms with Crippen LogP contribution in [0.4, 0.5) is 0 Å². The van der Waals surface area contributed by atoms with Crippen LogP contribution in [0.5, 0.6) is 0 Å². The number of aromatic nitrogens is 4. The van der Waals surface area contributed by atoms with Crippen LogP contribution in [-0.2, 0) is 5.75 Å². The van der Waals surface area contributed by atoms with Gasteiger partial charge in [-0.05, 0) is 13.8 Å². The van der Waals surface area contributed by atoms with E-state index >= 15 is 0 Å². The normalized spacial score (nSPS) is 10.9. The second kappa shape index (κ2) is 7.72. The van der Waals surface area contributed by atoms with E-state index in [1.807, 2.05) is 74.5 Å². The molecule has 0 amide bonds. The van der Waals surface area contributed by atoms with Crippen LogP contribution in [0.15, 0.2) is 70.3 Å². The lowest BCUT2D eigenvalue weighted by molar-refractivity contribution is 0.392. The zero-order chi connectivity index (χ0) is 18.6. The molecule has 2 aromatic heterocycles. The van der Waals surface area contributed by atoms with E-state index in [1.165, 1.54) is 11.8 Å². The summed E-state index contributed by atoms with van der Waals surface area (Å²) >= 11 is 1.53. The smallest absolute Gasteiger partial charge is 0.210 e. The molecule has 27 heavy (non-hydrogen) atoms. The zero-order valence-electron chi connectivity index (χ0n) is 15.1. The first kappa shape index (κ1) is 17.4. The molecule has 0 aliphatic carbocycles. The molecule has 2 heterocycles. The molecule has 134 valence electrons. The molecule has 4 rings (SSSR count). The molecule has 0 unspecified atom stereocenters. The van der Waals surface area contributed by atoms with Crippen molar-refractivity contribution in [2.75, 3.05) is 0 Å². The van der Waals surface area contributed by atoms with Crippen LogP contribution < -0.4 is 0 Å². The van der Waals surface area contributed by atoms with Gasteiger partial charge in [0.05, 0.1) is 5.69 Å². The lowest BCUT2D eigenvalue weighted by Crippen LogP contribution is -1.99. The Labute approximate surface area is 161 Å². The topological polar surface area (TPSA) is 64.7 Å². The van der Waals surface area contributed by atoms with Crippen LogP contribution >= 0.6 is 11.8 Å².